The van der Waals surface area contributed by atoms with E-state index in [0.29, 0.717) is 5.41 Å². The van der Waals surface area contributed by atoms with Crippen molar-refractivity contribution in [2.75, 3.05) is 0 Å². The van der Waals surface area contributed by atoms with Crippen LogP contribution in [0.2, 0.25) is 0 Å². The molecule has 0 heterocycles. The molecule has 0 saturated carbocycles. The van der Waals surface area contributed by atoms with Crippen molar-refractivity contribution in [1.82, 2.24) is 0 Å². The van der Waals surface area contributed by atoms with Crippen molar-refractivity contribution in [3.05, 3.63) is 22.3 Å². The molecule has 0 aliphatic heterocycles. The summed E-state index contributed by atoms with van der Waals surface area (Å²) in [4.78, 5) is 0. The summed E-state index contributed by atoms with van der Waals surface area (Å²) in [5, 5.41) is 0. The molecule has 0 radical (unpaired) electrons. The number of hydrogen-bond donors (Lipinski definition) is 0. The summed E-state index contributed by atoms with van der Waals surface area (Å²) in [6.07, 6.45) is 20.3. The highest BCUT2D eigenvalue weighted by atomic mass is 14.5. The van der Waals surface area contributed by atoms with Gasteiger partial charge in [0, 0.05) is 0 Å². The van der Waals surface area contributed by atoms with Gasteiger partial charge >= 0.3 is 0 Å². The van der Waals surface area contributed by atoms with Gasteiger partial charge in [-0.05, 0) is 107 Å². The van der Waals surface area contributed by atoms with E-state index in [4.69, 9.17) is 0 Å². The summed E-state index contributed by atoms with van der Waals surface area (Å²) >= 11 is 0. The minimum atomic E-state index is 0.597. The molecule has 0 N–H and O–H groups in total. The van der Waals surface area contributed by atoms with E-state index in [2.05, 4.69) is 13.8 Å². The highest BCUT2D eigenvalue weighted by molar-refractivity contribution is 5.32. The summed E-state index contributed by atoms with van der Waals surface area (Å²) in [6, 6.07) is 0. The van der Waals surface area contributed by atoms with Crippen LogP contribution in [0.5, 0.6) is 0 Å². The average Bonchev–Trinajstić information content (AvgIpc) is 3.24. The third-order valence-electron chi connectivity index (χ3n) is 8.26. The van der Waals surface area contributed by atoms with Crippen molar-refractivity contribution < 1.29 is 0 Å². The molecule has 0 heteroatoms. The Morgan fingerprint density at radius 2 is 1.22 bits per heavy atom. The Balaban J connectivity index is 1.72. The lowest BCUT2D eigenvalue weighted by Gasteiger charge is -2.48. The Morgan fingerprint density at radius 3 is 2.00 bits per heavy atom. The predicted octanol–water partition coefficient (Wildman–Crippen LogP) is 7.35. The van der Waals surface area contributed by atoms with E-state index in [-0.39, 0.29) is 0 Å². The van der Waals surface area contributed by atoms with Crippen LogP contribution in [0, 0.1) is 17.3 Å². The van der Waals surface area contributed by atoms with Gasteiger partial charge in [0.25, 0.3) is 0 Å². The van der Waals surface area contributed by atoms with Crippen molar-refractivity contribution in [2.45, 2.75) is 104 Å². The lowest BCUT2D eigenvalue weighted by atomic mass is 9.56. The Morgan fingerprint density at radius 1 is 0.652 bits per heavy atom. The molecule has 0 nitrogen and oxygen atoms in total. The Hall–Kier alpha value is -0.520. The molecule has 2 atom stereocenters. The molecule has 23 heavy (non-hydrogen) atoms. The Labute approximate surface area is 143 Å². The molecular weight excluding hydrogens is 276 g/mol. The monoisotopic (exact) mass is 312 g/mol. The quantitative estimate of drug-likeness (QED) is 0.476. The first kappa shape index (κ1) is 16.0. The number of allylic oxidation sites excluding steroid dienone is 4. The lowest BCUT2D eigenvalue weighted by molar-refractivity contribution is 0.0831. The van der Waals surface area contributed by atoms with Crippen molar-refractivity contribution in [2.24, 2.45) is 17.3 Å². The molecule has 4 aliphatic rings. The first-order valence-electron chi connectivity index (χ1n) is 10.7. The molecule has 0 fully saturated rings. The number of hydrogen-bond acceptors (Lipinski definition) is 0. The fourth-order valence-electron chi connectivity index (χ4n) is 7.17. The standard InChI is InChI=1S/C23H36/c1-3-23(4-2,21-14-8-11-17-10-7-13-20(17)21)22-16-15-18-9-5-6-12-19(18)22/h21-22H,3-16H2,1-2H3. The van der Waals surface area contributed by atoms with Crippen LogP contribution in [-0.2, 0) is 0 Å². The maximum Gasteiger partial charge on any atom is -0.0135 e. The van der Waals surface area contributed by atoms with E-state index >= 15 is 0 Å². The van der Waals surface area contributed by atoms with Crippen LogP contribution < -0.4 is 0 Å². The smallest absolute Gasteiger partial charge is 0.0135 e. The van der Waals surface area contributed by atoms with Gasteiger partial charge in [-0.25, -0.2) is 0 Å². The van der Waals surface area contributed by atoms with Crippen LogP contribution >= 0.6 is 0 Å². The van der Waals surface area contributed by atoms with E-state index < -0.39 is 0 Å². The molecule has 4 rings (SSSR count). The predicted molar refractivity (Wildman–Crippen MR) is 99.5 cm³/mol. The normalized spacial score (nSPS) is 31.6. The molecule has 0 bridgehead atoms. The average molecular weight is 313 g/mol. The molecule has 0 aromatic heterocycles. The largest absolute Gasteiger partial charge is 0.0707 e. The minimum Gasteiger partial charge on any atom is -0.0707 e. The maximum atomic E-state index is 2.52. The SMILES string of the molecule is CCC(CC)(C1CCCC2=C1CCC2)C1CCC2=C1CCCC2. The fourth-order valence-corrected chi connectivity index (χ4v) is 7.17. The zero-order valence-electron chi connectivity index (χ0n) is 15.6. The molecule has 4 aliphatic carbocycles. The van der Waals surface area contributed by atoms with Gasteiger partial charge in [-0.2, -0.15) is 0 Å². The van der Waals surface area contributed by atoms with E-state index in [1.165, 1.54) is 89.9 Å². The van der Waals surface area contributed by atoms with Gasteiger partial charge in [0.15, 0.2) is 0 Å². The second kappa shape index (κ2) is 6.41. The van der Waals surface area contributed by atoms with Crippen LogP contribution in [-0.4, -0.2) is 0 Å². The topological polar surface area (TPSA) is 0 Å². The second-order valence-electron chi connectivity index (χ2n) is 8.79. The highest BCUT2D eigenvalue weighted by Gasteiger charge is 2.48. The van der Waals surface area contributed by atoms with Gasteiger partial charge in [-0.15, -0.1) is 0 Å². The highest BCUT2D eigenvalue weighted by Crippen LogP contribution is 2.60. The third-order valence-corrected chi connectivity index (χ3v) is 8.26. The molecule has 0 aromatic rings. The van der Waals surface area contributed by atoms with Gasteiger partial charge in [0.1, 0.15) is 0 Å². The summed E-state index contributed by atoms with van der Waals surface area (Å²) in [5.41, 5.74) is 8.34. The third kappa shape index (κ3) is 2.47. The minimum absolute atomic E-state index is 0.597. The fraction of sp³-hybridized carbons (Fsp3) is 0.826. The van der Waals surface area contributed by atoms with Crippen molar-refractivity contribution in [3.8, 4) is 0 Å². The van der Waals surface area contributed by atoms with Crippen LogP contribution in [0.25, 0.3) is 0 Å². The van der Waals surface area contributed by atoms with E-state index in [1.54, 1.807) is 0 Å². The zero-order chi connectivity index (χ0) is 15.9. The first-order valence-corrected chi connectivity index (χ1v) is 10.7. The summed E-state index contributed by atoms with van der Waals surface area (Å²) < 4.78 is 0. The van der Waals surface area contributed by atoms with Crippen LogP contribution in [0.4, 0.5) is 0 Å². The second-order valence-corrected chi connectivity index (χ2v) is 8.79. The molecule has 0 saturated heterocycles. The van der Waals surface area contributed by atoms with Gasteiger partial charge < -0.3 is 0 Å². The summed E-state index contributed by atoms with van der Waals surface area (Å²) in [7, 11) is 0. The van der Waals surface area contributed by atoms with Gasteiger partial charge in [0.2, 0.25) is 0 Å². The van der Waals surface area contributed by atoms with Crippen molar-refractivity contribution in [1.29, 1.82) is 0 Å². The maximum absolute atomic E-state index is 2.52. The van der Waals surface area contributed by atoms with Crippen molar-refractivity contribution >= 4 is 0 Å². The van der Waals surface area contributed by atoms with Gasteiger partial charge in [0.05, 0.1) is 0 Å². The Kier molecular flexibility index (Phi) is 4.45. The summed E-state index contributed by atoms with van der Waals surface area (Å²) in [6.45, 7) is 5.04. The van der Waals surface area contributed by atoms with Crippen LogP contribution in [0.3, 0.4) is 0 Å². The number of rotatable bonds is 4. The van der Waals surface area contributed by atoms with Crippen LogP contribution in [0.1, 0.15) is 104 Å². The van der Waals surface area contributed by atoms with Gasteiger partial charge in [-0.1, -0.05) is 36.1 Å². The molecule has 2 unspecified atom stereocenters. The molecule has 0 aromatic carbocycles. The zero-order valence-corrected chi connectivity index (χ0v) is 15.6. The molecule has 0 amide bonds. The molecular formula is C23H36. The van der Waals surface area contributed by atoms with Crippen LogP contribution in [0.15, 0.2) is 22.3 Å². The van der Waals surface area contributed by atoms with E-state index in [1.807, 2.05) is 22.3 Å². The summed E-state index contributed by atoms with van der Waals surface area (Å²) in [5.74, 6) is 1.87. The molecule has 128 valence electrons. The van der Waals surface area contributed by atoms with E-state index in [9.17, 15) is 0 Å². The Bertz CT molecular complexity index is 514. The lowest BCUT2D eigenvalue weighted by Crippen LogP contribution is -2.39. The molecule has 0 spiro atoms. The van der Waals surface area contributed by atoms with Gasteiger partial charge in [-0.3, -0.25) is 0 Å². The van der Waals surface area contributed by atoms with Crippen molar-refractivity contribution in [3.63, 3.8) is 0 Å². The first-order chi connectivity index (χ1) is 11.3. The van der Waals surface area contributed by atoms with E-state index in [0.717, 1.165) is 11.8 Å².